The second-order valence-electron chi connectivity index (χ2n) is 7.05. The van der Waals surface area contributed by atoms with E-state index in [-0.39, 0.29) is 37.2 Å². The Hall–Kier alpha value is -4.28. The maximum atomic E-state index is 12.5. The van der Waals surface area contributed by atoms with E-state index in [1.165, 1.54) is 13.8 Å². The summed E-state index contributed by atoms with van der Waals surface area (Å²) in [6, 6.07) is 1.52. The second-order valence-corrected chi connectivity index (χ2v) is 7.05. The van der Waals surface area contributed by atoms with Crippen molar-refractivity contribution in [3.63, 3.8) is 0 Å². The van der Waals surface area contributed by atoms with E-state index >= 15 is 0 Å². The number of ether oxygens (including phenoxy) is 3. The van der Waals surface area contributed by atoms with Gasteiger partial charge in [-0.25, -0.2) is 24.0 Å². The molecular formula is C23H24O11. The van der Waals surface area contributed by atoms with Crippen LogP contribution in [0, 0.1) is 0 Å². The zero-order valence-corrected chi connectivity index (χ0v) is 18.7. The summed E-state index contributed by atoms with van der Waals surface area (Å²) in [4.78, 5) is 70.9. The molecule has 182 valence electrons. The van der Waals surface area contributed by atoms with Gasteiger partial charge in [-0.15, -0.1) is 0 Å². The molecule has 0 heterocycles. The average Bonchev–Trinajstić information content (AvgIpc) is 2.77. The molecule has 2 N–H and O–H groups in total. The summed E-state index contributed by atoms with van der Waals surface area (Å²) in [6.45, 7) is 8.75. The van der Waals surface area contributed by atoms with Gasteiger partial charge < -0.3 is 24.4 Å². The molecule has 0 aliphatic carbocycles. The molecule has 0 unspecified atom stereocenters. The number of esters is 3. The van der Waals surface area contributed by atoms with Crippen LogP contribution in [0.2, 0.25) is 0 Å². The topological polar surface area (TPSA) is 171 Å². The number of hydrogen-bond acceptors (Lipinski definition) is 9. The molecular weight excluding hydrogens is 452 g/mol. The van der Waals surface area contributed by atoms with Gasteiger partial charge in [-0.3, -0.25) is 4.79 Å². The number of rotatable bonds is 13. The molecule has 1 rings (SSSR count). The third-order valence-electron chi connectivity index (χ3n) is 4.17. The van der Waals surface area contributed by atoms with Crippen LogP contribution in [0.3, 0.4) is 0 Å². The van der Waals surface area contributed by atoms with E-state index in [1.54, 1.807) is 0 Å². The van der Waals surface area contributed by atoms with Crippen molar-refractivity contribution in [3.05, 3.63) is 58.7 Å². The Morgan fingerprint density at radius 2 is 1.15 bits per heavy atom. The minimum atomic E-state index is -1.60. The van der Waals surface area contributed by atoms with Crippen molar-refractivity contribution in [1.29, 1.82) is 0 Å². The first kappa shape index (κ1) is 27.8. The van der Waals surface area contributed by atoms with Crippen LogP contribution in [-0.2, 0) is 23.8 Å². The van der Waals surface area contributed by atoms with Gasteiger partial charge >= 0.3 is 29.8 Å². The van der Waals surface area contributed by atoms with Crippen LogP contribution in [0.25, 0.3) is 0 Å². The van der Waals surface area contributed by atoms with Crippen LogP contribution in [0.5, 0.6) is 0 Å². The van der Waals surface area contributed by atoms with Crippen molar-refractivity contribution in [3.8, 4) is 0 Å². The average molecular weight is 476 g/mol. The van der Waals surface area contributed by atoms with E-state index in [4.69, 9.17) is 14.2 Å². The Balaban J connectivity index is 3.04. The monoisotopic (exact) mass is 476 g/mol. The molecule has 0 aliphatic heterocycles. The fraction of sp³-hybridized carbons (Fsp3) is 0.304. The minimum Gasteiger partial charge on any atom is -0.478 e. The van der Waals surface area contributed by atoms with Crippen molar-refractivity contribution < 1.29 is 53.2 Å². The van der Waals surface area contributed by atoms with Crippen molar-refractivity contribution in [1.82, 2.24) is 0 Å². The zero-order chi connectivity index (χ0) is 26.0. The van der Waals surface area contributed by atoms with Gasteiger partial charge in [0.1, 0.15) is 13.2 Å². The molecule has 0 saturated heterocycles. The zero-order valence-electron chi connectivity index (χ0n) is 18.7. The van der Waals surface area contributed by atoms with Crippen LogP contribution >= 0.6 is 0 Å². The first-order valence-electron chi connectivity index (χ1n) is 9.87. The van der Waals surface area contributed by atoms with E-state index in [1.807, 2.05) is 0 Å². The number of carbonyl (C=O) groups excluding carboxylic acids is 4. The largest absolute Gasteiger partial charge is 0.478 e. The molecule has 11 nitrogen and oxygen atoms in total. The number of benzene rings is 1. The van der Waals surface area contributed by atoms with Crippen molar-refractivity contribution in [2.75, 3.05) is 19.8 Å². The standard InChI is InChI=1S/C23H24O11/c1-12(2)21(29)32-7-5-6-18(24)14-10-16(20(27)28)17(11-15(14)19(25)26)23(31)34-9-8-33-22(30)13(3)4/h10-11H,1,3,5-9H2,2,4H3,(H,25,26)(H,27,28). The van der Waals surface area contributed by atoms with Gasteiger partial charge in [-0.05, 0) is 32.4 Å². The van der Waals surface area contributed by atoms with Crippen LogP contribution in [0.15, 0.2) is 36.4 Å². The molecule has 11 heteroatoms. The fourth-order valence-electron chi connectivity index (χ4n) is 2.48. The van der Waals surface area contributed by atoms with E-state index in [0.717, 1.165) is 12.1 Å². The lowest BCUT2D eigenvalue weighted by atomic mass is 9.94. The lowest BCUT2D eigenvalue weighted by Crippen LogP contribution is -2.19. The highest BCUT2D eigenvalue weighted by molar-refractivity contribution is 6.11. The minimum absolute atomic E-state index is 0.0476. The van der Waals surface area contributed by atoms with Crippen LogP contribution < -0.4 is 0 Å². The first-order valence-corrected chi connectivity index (χ1v) is 9.87. The molecule has 0 saturated carbocycles. The SMILES string of the molecule is C=C(C)C(=O)OCCCC(=O)c1cc(C(=O)O)c(C(=O)OCCOC(=O)C(=C)C)cc1C(=O)O. The maximum Gasteiger partial charge on any atom is 0.339 e. The number of carboxylic acid groups (broad SMARTS) is 2. The quantitative estimate of drug-likeness (QED) is 0.141. The summed E-state index contributed by atoms with van der Waals surface area (Å²) < 4.78 is 14.5. The summed E-state index contributed by atoms with van der Waals surface area (Å²) in [5, 5.41) is 19.0. The number of Topliss-reactive ketones (excluding diaryl/α,β-unsaturated/α-hetero) is 1. The van der Waals surface area contributed by atoms with Crippen LogP contribution in [-0.4, -0.2) is 65.7 Å². The van der Waals surface area contributed by atoms with Gasteiger partial charge in [0, 0.05) is 23.1 Å². The number of ketones is 1. The first-order chi connectivity index (χ1) is 15.9. The molecule has 0 bridgehead atoms. The summed E-state index contributed by atoms with van der Waals surface area (Å²) in [5.41, 5.74) is -1.98. The number of carboxylic acids is 2. The highest BCUT2D eigenvalue weighted by Gasteiger charge is 2.26. The van der Waals surface area contributed by atoms with Gasteiger partial charge in [-0.1, -0.05) is 13.2 Å². The summed E-state index contributed by atoms with van der Waals surface area (Å²) >= 11 is 0. The molecule has 0 fully saturated rings. The second kappa shape index (κ2) is 12.7. The smallest absolute Gasteiger partial charge is 0.339 e. The van der Waals surface area contributed by atoms with Gasteiger partial charge in [0.05, 0.1) is 23.3 Å². The predicted molar refractivity (Wildman–Crippen MR) is 116 cm³/mol. The van der Waals surface area contributed by atoms with Crippen molar-refractivity contribution >= 4 is 35.6 Å². The lowest BCUT2D eigenvalue weighted by molar-refractivity contribution is -0.140. The molecule has 0 aromatic heterocycles. The van der Waals surface area contributed by atoms with Crippen LogP contribution in [0.4, 0.5) is 0 Å². The molecule has 0 atom stereocenters. The molecule has 0 spiro atoms. The van der Waals surface area contributed by atoms with Crippen molar-refractivity contribution in [2.24, 2.45) is 0 Å². The molecule has 0 radical (unpaired) electrons. The van der Waals surface area contributed by atoms with Gasteiger partial charge in [0.15, 0.2) is 5.78 Å². The van der Waals surface area contributed by atoms with E-state index in [0.29, 0.717) is 0 Å². The summed E-state index contributed by atoms with van der Waals surface area (Å²) in [5.74, 6) is -6.44. The highest BCUT2D eigenvalue weighted by Crippen LogP contribution is 2.21. The van der Waals surface area contributed by atoms with Gasteiger partial charge in [-0.2, -0.15) is 0 Å². The number of aromatic carboxylic acids is 2. The van der Waals surface area contributed by atoms with Crippen molar-refractivity contribution in [2.45, 2.75) is 26.7 Å². The number of hydrogen-bond donors (Lipinski definition) is 2. The molecule has 0 aliphatic rings. The van der Waals surface area contributed by atoms with E-state index in [2.05, 4.69) is 13.2 Å². The predicted octanol–water partition coefficient (Wildman–Crippen LogP) is 2.44. The molecule has 34 heavy (non-hydrogen) atoms. The number of carbonyl (C=O) groups is 6. The van der Waals surface area contributed by atoms with Gasteiger partial charge in [0.2, 0.25) is 0 Å². The Morgan fingerprint density at radius 3 is 1.65 bits per heavy atom. The van der Waals surface area contributed by atoms with Crippen LogP contribution in [0.1, 0.15) is 68.1 Å². The molecule has 0 amide bonds. The highest BCUT2D eigenvalue weighted by atomic mass is 16.6. The lowest BCUT2D eigenvalue weighted by Gasteiger charge is -2.12. The Kier molecular flexibility index (Phi) is 10.3. The van der Waals surface area contributed by atoms with Gasteiger partial charge in [0.25, 0.3) is 0 Å². The maximum absolute atomic E-state index is 12.5. The Morgan fingerprint density at radius 1 is 0.706 bits per heavy atom. The molecule has 1 aromatic rings. The van der Waals surface area contributed by atoms with E-state index < -0.39 is 64.5 Å². The molecule has 1 aromatic carbocycles. The Labute approximate surface area is 194 Å². The third-order valence-corrected chi connectivity index (χ3v) is 4.17. The fourth-order valence-corrected chi connectivity index (χ4v) is 2.48. The van der Waals surface area contributed by atoms with E-state index in [9.17, 15) is 39.0 Å². The summed E-state index contributed by atoms with van der Waals surface area (Å²) in [7, 11) is 0. The normalized spacial score (nSPS) is 10.1. The third kappa shape index (κ3) is 8.01. The summed E-state index contributed by atoms with van der Waals surface area (Å²) in [6.07, 6.45) is -0.202. The Bertz CT molecular complexity index is 965.